The molecule has 0 saturated heterocycles. The van der Waals surface area contributed by atoms with Crippen LogP contribution < -0.4 is 4.74 Å². The molecule has 2 nitrogen and oxygen atoms in total. The van der Waals surface area contributed by atoms with Crippen LogP contribution in [0.5, 0.6) is 11.5 Å². The molecule has 0 unspecified atom stereocenters. The van der Waals surface area contributed by atoms with Crippen molar-refractivity contribution in [3.63, 3.8) is 0 Å². The molecule has 0 amide bonds. The lowest BCUT2D eigenvalue weighted by Gasteiger charge is -2.07. The summed E-state index contributed by atoms with van der Waals surface area (Å²) in [6.07, 6.45) is 0. The monoisotopic (exact) mass is 251 g/mol. The summed E-state index contributed by atoms with van der Waals surface area (Å²) >= 11 is 1.65. The summed E-state index contributed by atoms with van der Waals surface area (Å²) < 4.78 is 6.01. The average molecular weight is 251 g/mol. The van der Waals surface area contributed by atoms with Gasteiger partial charge in [-0.3, -0.25) is 0 Å². The molecule has 0 bridgehead atoms. The Kier molecular flexibility index (Phi) is 2.02. The van der Waals surface area contributed by atoms with Gasteiger partial charge in [0.2, 0.25) is 0 Å². The van der Waals surface area contributed by atoms with Gasteiger partial charge in [0.15, 0.2) is 0 Å². The molecule has 2 heterocycles. The highest BCUT2D eigenvalue weighted by Crippen LogP contribution is 2.47. The van der Waals surface area contributed by atoms with Crippen molar-refractivity contribution in [1.29, 1.82) is 0 Å². The lowest BCUT2D eigenvalue weighted by Crippen LogP contribution is -1.85. The van der Waals surface area contributed by atoms with Gasteiger partial charge in [-0.25, -0.2) is 4.98 Å². The molecule has 0 saturated carbocycles. The van der Waals surface area contributed by atoms with Crippen molar-refractivity contribution in [1.82, 2.24) is 4.98 Å². The van der Waals surface area contributed by atoms with Gasteiger partial charge in [-0.15, -0.1) is 11.3 Å². The fraction of sp³-hybridized carbons (Fsp3) is 0. The molecule has 2 aromatic carbocycles. The van der Waals surface area contributed by atoms with Gasteiger partial charge in [0.05, 0.1) is 16.1 Å². The quantitative estimate of drug-likeness (QED) is 0.456. The molecular weight excluding hydrogens is 242 g/mol. The minimum absolute atomic E-state index is 0.870. The molecule has 0 fully saturated rings. The second-order valence-electron chi connectivity index (χ2n) is 4.12. The zero-order valence-corrected chi connectivity index (χ0v) is 10.3. The van der Waals surface area contributed by atoms with E-state index in [2.05, 4.69) is 17.1 Å². The third-order valence-electron chi connectivity index (χ3n) is 3.06. The smallest absolute Gasteiger partial charge is 0.136 e. The third-order valence-corrected chi connectivity index (χ3v) is 3.92. The van der Waals surface area contributed by atoms with Crippen LogP contribution in [0.1, 0.15) is 0 Å². The predicted molar refractivity (Wildman–Crippen MR) is 73.1 cm³/mol. The topological polar surface area (TPSA) is 22.1 Å². The molecule has 0 radical (unpaired) electrons. The lowest BCUT2D eigenvalue weighted by atomic mass is 10.1. The second kappa shape index (κ2) is 3.68. The molecular formula is C15H9NOS. The maximum Gasteiger partial charge on any atom is 0.136 e. The maximum atomic E-state index is 6.01. The summed E-state index contributed by atoms with van der Waals surface area (Å²) in [5.74, 6) is 1.77. The number of ether oxygens (including phenoxy) is 1. The van der Waals surface area contributed by atoms with Gasteiger partial charge in [-0.05, 0) is 24.3 Å². The Morgan fingerprint density at radius 3 is 2.33 bits per heavy atom. The van der Waals surface area contributed by atoms with Crippen molar-refractivity contribution in [2.24, 2.45) is 0 Å². The fourth-order valence-electron chi connectivity index (χ4n) is 2.24. The first kappa shape index (κ1) is 9.85. The standard InChI is InChI=1S/C15H9NOS/c1-3-7-12-10(5-1)14-15(18-9-16-14)11-6-2-4-8-13(11)17-12/h1-9H. The van der Waals surface area contributed by atoms with Gasteiger partial charge in [-0.1, -0.05) is 24.3 Å². The highest BCUT2D eigenvalue weighted by molar-refractivity contribution is 7.13. The summed E-state index contributed by atoms with van der Waals surface area (Å²) in [5.41, 5.74) is 5.08. The van der Waals surface area contributed by atoms with Crippen LogP contribution >= 0.6 is 11.3 Å². The van der Waals surface area contributed by atoms with E-state index in [0.29, 0.717) is 0 Å². The number of benzene rings is 2. The van der Waals surface area contributed by atoms with E-state index in [-0.39, 0.29) is 0 Å². The number of thiazole rings is 1. The van der Waals surface area contributed by atoms with Crippen LogP contribution in [0.15, 0.2) is 54.0 Å². The highest BCUT2D eigenvalue weighted by Gasteiger charge is 2.21. The summed E-state index contributed by atoms with van der Waals surface area (Å²) in [4.78, 5) is 5.67. The Morgan fingerprint density at radius 2 is 1.50 bits per heavy atom. The molecule has 1 aliphatic rings. The maximum absolute atomic E-state index is 6.01. The molecule has 0 aliphatic carbocycles. The van der Waals surface area contributed by atoms with Crippen LogP contribution in [-0.4, -0.2) is 4.98 Å². The van der Waals surface area contributed by atoms with Gasteiger partial charge >= 0.3 is 0 Å². The number of aromatic nitrogens is 1. The molecule has 18 heavy (non-hydrogen) atoms. The van der Waals surface area contributed by atoms with Gasteiger partial charge in [0.25, 0.3) is 0 Å². The summed E-state index contributed by atoms with van der Waals surface area (Å²) in [7, 11) is 0. The van der Waals surface area contributed by atoms with Gasteiger partial charge in [-0.2, -0.15) is 0 Å². The molecule has 4 rings (SSSR count). The molecule has 1 aliphatic heterocycles. The van der Waals surface area contributed by atoms with E-state index in [9.17, 15) is 0 Å². The van der Waals surface area contributed by atoms with E-state index in [1.54, 1.807) is 11.3 Å². The number of fused-ring (bicyclic) bond motifs is 5. The van der Waals surface area contributed by atoms with Gasteiger partial charge < -0.3 is 4.74 Å². The van der Waals surface area contributed by atoms with Crippen LogP contribution in [-0.2, 0) is 0 Å². The van der Waals surface area contributed by atoms with Crippen molar-refractivity contribution < 1.29 is 4.74 Å². The average Bonchev–Trinajstić information content (AvgIpc) is 2.84. The molecule has 0 atom stereocenters. The number of nitrogens with zero attached hydrogens (tertiary/aromatic N) is 1. The van der Waals surface area contributed by atoms with E-state index in [1.165, 1.54) is 4.88 Å². The van der Waals surface area contributed by atoms with Crippen LogP contribution in [0.2, 0.25) is 0 Å². The molecule has 0 spiro atoms. The summed E-state index contributed by atoms with van der Waals surface area (Å²) in [6, 6.07) is 16.1. The number of hydrogen-bond acceptors (Lipinski definition) is 3. The third kappa shape index (κ3) is 1.31. The van der Waals surface area contributed by atoms with Crippen LogP contribution in [0.3, 0.4) is 0 Å². The molecule has 1 aromatic heterocycles. The Bertz CT molecular complexity index is 673. The lowest BCUT2D eigenvalue weighted by molar-refractivity contribution is 0.487. The first-order chi connectivity index (χ1) is 8.93. The summed E-state index contributed by atoms with van der Waals surface area (Å²) in [6.45, 7) is 0. The van der Waals surface area contributed by atoms with Crippen molar-refractivity contribution in [2.75, 3.05) is 0 Å². The normalized spacial score (nSPS) is 11.8. The fourth-order valence-corrected chi connectivity index (χ4v) is 3.08. The first-order valence-corrected chi connectivity index (χ1v) is 6.61. The van der Waals surface area contributed by atoms with E-state index in [0.717, 1.165) is 28.3 Å². The number of para-hydroxylation sites is 2. The largest absolute Gasteiger partial charge is 0.456 e. The minimum Gasteiger partial charge on any atom is -0.456 e. The Balaban J connectivity index is 2.12. The van der Waals surface area contributed by atoms with E-state index < -0.39 is 0 Å². The van der Waals surface area contributed by atoms with Crippen LogP contribution in [0, 0.1) is 0 Å². The Hall–Kier alpha value is -2.13. The van der Waals surface area contributed by atoms with E-state index in [1.807, 2.05) is 41.9 Å². The van der Waals surface area contributed by atoms with Crippen molar-refractivity contribution in [3.8, 4) is 33.2 Å². The molecule has 0 N–H and O–H groups in total. The zero-order chi connectivity index (χ0) is 11.9. The minimum atomic E-state index is 0.870. The van der Waals surface area contributed by atoms with Gasteiger partial charge in [0, 0.05) is 11.1 Å². The number of rotatable bonds is 0. The molecule has 3 aromatic rings. The van der Waals surface area contributed by atoms with Crippen LogP contribution in [0.25, 0.3) is 21.7 Å². The molecule has 86 valence electrons. The SMILES string of the molecule is c1ccc2c(c1)Oc1ccccc1-c1scnc1-2. The van der Waals surface area contributed by atoms with E-state index in [4.69, 9.17) is 4.74 Å². The van der Waals surface area contributed by atoms with Crippen LogP contribution in [0.4, 0.5) is 0 Å². The first-order valence-electron chi connectivity index (χ1n) is 5.73. The van der Waals surface area contributed by atoms with Gasteiger partial charge in [0.1, 0.15) is 11.5 Å². The van der Waals surface area contributed by atoms with E-state index >= 15 is 0 Å². The highest BCUT2D eigenvalue weighted by atomic mass is 32.1. The number of hydrogen-bond donors (Lipinski definition) is 0. The molecule has 3 heteroatoms. The van der Waals surface area contributed by atoms with Crippen molar-refractivity contribution >= 4 is 11.3 Å². The predicted octanol–water partition coefficient (Wildman–Crippen LogP) is 4.58. The van der Waals surface area contributed by atoms with Crippen molar-refractivity contribution in [3.05, 3.63) is 54.0 Å². The summed E-state index contributed by atoms with van der Waals surface area (Å²) in [5, 5.41) is 0. The Morgan fingerprint density at radius 1 is 0.833 bits per heavy atom. The van der Waals surface area contributed by atoms with Crippen molar-refractivity contribution in [2.45, 2.75) is 0 Å². The zero-order valence-electron chi connectivity index (χ0n) is 9.46. The Labute approximate surface area is 109 Å². The second-order valence-corrected chi connectivity index (χ2v) is 4.98.